The van der Waals surface area contributed by atoms with Crippen LogP contribution < -0.4 is 5.32 Å². The number of pyridine rings is 1. The lowest BCUT2D eigenvalue weighted by molar-refractivity contribution is 0.0843. The number of carbonyl (C=O) groups excluding carboxylic acids is 1. The van der Waals surface area contributed by atoms with Crippen LogP contribution >= 0.6 is 0 Å². The van der Waals surface area contributed by atoms with Crippen LogP contribution in [0.5, 0.6) is 0 Å². The topological polar surface area (TPSA) is 46.9 Å². The van der Waals surface area contributed by atoms with Gasteiger partial charge in [-0.25, -0.2) is 0 Å². The zero-order valence-corrected chi connectivity index (χ0v) is 12.7. The van der Waals surface area contributed by atoms with E-state index in [1.165, 1.54) is 18.4 Å². The smallest absolute Gasteiger partial charge is 0.234 e. The molecule has 3 heterocycles. The number of hydrogen-bond acceptors (Lipinski definition) is 3. The molecule has 1 saturated carbocycles. The summed E-state index contributed by atoms with van der Waals surface area (Å²) in [4.78, 5) is 17.4. The van der Waals surface area contributed by atoms with Crippen molar-refractivity contribution < 1.29 is 4.79 Å². The van der Waals surface area contributed by atoms with Crippen LogP contribution in [-0.2, 0) is 0 Å². The van der Waals surface area contributed by atoms with Crippen molar-refractivity contribution in [2.75, 3.05) is 13.1 Å². The maximum Gasteiger partial charge on any atom is 0.234 e. The third kappa shape index (κ3) is 2.28. The first-order valence-electron chi connectivity index (χ1n) is 8.25. The molecule has 1 aliphatic carbocycles. The molecule has 0 atom stereocenters. The molecular formula is C18H21N3O. The van der Waals surface area contributed by atoms with Gasteiger partial charge in [-0.2, -0.15) is 0 Å². The van der Waals surface area contributed by atoms with E-state index in [0.717, 1.165) is 48.9 Å². The van der Waals surface area contributed by atoms with E-state index in [1.807, 2.05) is 29.1 Å². The fourth-order valence-corrected chi connectivity index (χ4v) is 3.71. The fraction of sp³-hybridized carbons (Fsp3) is 0.444. The molecule has 1 aliphatic heterocycles. The van der Waals surface area contributed by atoms with Gasteiger partial charge in [0.1, 0.15) is 0 Å². The molecule has 1 N–H and O–H groups in total. The summed E-state index contributed by atoms with van der Waals surface area (Å²) in [5.74, 6) is 0.432. The molecule has 0 spiro atoms. The summed E-state index contributed by atoms with van der Waals surface area (Å²) < 4.78 is 1.86. The van der Waals surface area contributed by atoms with Crippen LogP contribution in [0.3, 0.4) is 0 Å². The molecular weight excluding hydrogens is 274 g/mol. The Kier molecular flexibility index (Phi) is 3.54. The Balaban J connectivity index is 1.81. The van der Waals surface area contributed by atoms with E-state index in [9.17, 15) is 4.79 Å². The molecule has 4 heteroatoms. The van der Waals surface area contributed by atoms with Crippen molar-refractivity contribution in [3.63, 3.8) is 0 Å². The van der Waals surface area contributed by atoms with Crippen molar-refractivity contribution >= 4 is 22.5 Å². The Morgan fingerprint density at radius 1 is 1.32 bits per heavy atom. The zero-order chi connectivity index (χ0) is 14.9. The largest absolute Gasteiger partial charge is 0.313 e. The second-order valence-corrected chi connectivity index (χ2v) is 6.29. The molecule has 0 unspecified atom stereocenters. The summed E-state index contributed by atoms with van der Waals surface area (Å²) in [6.07, 6.45) is 11.5. The van der Waals surface area contributed by atoms with Gasteiger partial charge in [0.05, 0.1) is 11.0 Å². The highest BCUT2D eigenvalue weighted by atomic mass is 16.2. The minimum atomic E-state index is 0.186. The van der Waals surface area contributed by atoms with Crippen molar-refractivity contribution in [1.29, 1.82) is 0 Å². The predicted molar refractivity (Wildman–Crippen MR) is 87.8 cm³/mol. The molecule has 2 aromatic rings. The highest BCUT2D eigenvalue weighted by molar-refractivity contribution is 5.98. The highest BCUT2D eigenvalue weighted by Gasteiger charge is 2.26. The Hall–Kier alpha value is -1.94. The molecule has 22 heavy (non-hydrogen) atoms. The molecule has 0 saturated heterocycles. The summed E-state index contributed by atoms with van der Waals surface area (Å²) in [5.41, 5.74) is 4.35. The molecule has 114 valence electrons. The SMILES string of the molecule is O=C(C1CCCC1)n1cc(C2=CCNCC2)c2ncccc21. The van der Waals surface area contributed by atoms with Crippen molar-refractivity contribution in [3.05, 3.63) is 36.2 Å². The highest BCUT2D eigenvalue weighted by Crippen LogP contribution is 2.32. The number of fused-ring (bicyclic) bond motifs is 1. The lowest BCUT2D eigenvalue weighted by Crippen LogP contribution is -2.20. The van der Waals surface area contributed by atoms with Gasteiger partial charge in [0.15, 0.2) is 0 Å². The van der Waals surface area contributed by atoms with Gasteiger partial charge in [-0.05, 0) is 43.5 Å². The molecule has 4 nitrogen and oxygen atoms in total. The van der Waals surface area contributed by atoms with Crippen LogP contribution in [0.15, 0.2) is 30.6 Å². The summed E-state index contributed by atoms with van der Waals surface area (Å²) in [6, 6.07) is 3.93. The molecule has 0 amide bonds. The van der Waals surface area contributed by atoms with E-state index in [-0.39, 0.29) is 11.8 Å². The predicted octanol–water partition coefficient (Wildman–Crippen LogP) is 3.24. The first-order valence-corrected chi connectivity index (χ1v) is 8.25. The monoisotopic (exact) mass is 295 g/mol. The lowest BCUT2D eigenvalue weighted by Gasteiger charge is -2.13. The van der Waals surface area contributed by atoms with E-state index in [4.69, 9.17) is 0 Å². The average molecular weight is 295 g/mol. The van der Waals surface area contributed by atoms with Crippen LogP contribution in [0.25, 0.3) is 16.6 Å². The minimum absolute atomic E-state index is 0.186. The maximum atomic E-state index is 12.9. The van der Waals surface area contributed by atoms with Gasteiger partial charge < -0.3 is 5.32 Å². The molecule has 2 aliphatic rings. The first-order chi connectivity index (χ1) is 10.8. The molecule has 2 aromatic heterocycles. The second kappa shape index (κ2) is 5.69. The first kappa shape index (κ1) is 13.7. The zero-order valence-electron chi connectivity index (χ0n) is 12.7. The summed E-state index contributed by atoms with van der Waals surface area (Å²) >= 11 is 0. The number of rotatable bonds is 2. The molecule has 0 radical (unpaired) electrons. The van der Waals surface area contributed by atoms with E-state index in [2.05, 4.69) is 16.4 Å². The Morgan fingerprint density at radius 3 is 2.95 bits per heavy atom. The fourth-order valence-electron chi connectivity index (χ4n) is 3.71. The van der Waals surface area contributed by atoms with Gasteiger partial charge in [-0.15, -0.1) is 0 Å². The summed E-state index contributed by atoms with van der Waals surface area (Å²) in [6.45, 7) is 1.88. The van der Waals surface area contributed by atoms with E-state index >= 15 is 0 Å². The van der Waals surface area contributed by atoms with Crippen LogP contribution in [0.1, 0.15) is 42.5 Å². The quantitative estimate of drug-likeness (QED) is 0.925. The van der Waals surface area contributed by atoms with Gasteiger partial charge in [0, 0.05) is 30.4 Å². The van der Waals surface area contributed by atoms with Gasteiger partial charge in [-0.1, -0.05) is 18.9 Å². The Labute approximate surface area is 130 Å². The van der Waals surface area contributed by atoms with Crippen LogP contribution in [0.2, 0.25) is 0 Å². The van der Waals surface area contributed by atoms with E-state index < -0.39 is 0 Å². The van der Waals surface area contributed by atoms with Crippen LogP contribution in [-0.4, -0.2) is 28.5 Å². The summed E-state index contributed by atoms with van der Waals surface area (Å²) in [7, 11) is 0. The molecule has 4 rings (SSSR count). The van der Waals surface area contributed by atoms with Crippen molar-refractivity contribution in [1.82, 2.24) is 14.9 Å². The Bertz CT molecular complexity index is 738. The van der Waals surface area contributed by atoms with Crippen molar-refractivity contribution in [2.24, 2.45) is 5.92 Å². The number of carbonyl (C=O) groups is 1. The van der Waals surface area contributed by atoms with E-state index in [1.54, 1.807) is 0 Å². The number of nitrogens with one attached hydrogen (secondary N) is 1. The van der Waals surface area contributed by atoms with Crippen LogP contribution in [0.4, 0.5) is 0 Å². The molecule has 0 bridgehead atoms. The van der Waals surface area contributed by atoms with Gasteiger partial charge in [0.2, 0.25) is 5.91 Å². The lowest BCUT2D eigenvalue weighted by atomic mass is 10.0. The standard InChI is InChI=1S/C18H21N3O/c22-18(14-4-1-2-5-14)21-12-15(13-7-10-19-11-8-13)17-16(21)6-3-9-20-17/h3,6-7,9,12,14,19H,1-2,4-5,8,10-11H2. The number of nitrogens with zero attached hydrogens (tertiary/aromatic N) is 2. The molecule has 0 aromatic carbocycles. The molecule has 1 fully saturated rings. The van der Waals surface area contributed by atoms with Crippen molar-refractivity contribution in [2.45, 2.75) is 32.1 Å². The normalized spacial score (nSPS) is 19.5. The van der Waals surface area contributed by atoms with Crippen molar-refractivity contribution in [3.8, 4) is 0 Å². The van der Waals surface area contributed by atoms with Crippen LogP contribution in [0, 0.1) is 5.92 Å². The average Bonchev–Trinajstić information content (AvgIpc) is 3.23. The summed E-state index contributed by atoms with van der Waals surface area (Å²) in [5, 5.41) is 3.34. The second-order valence-electron chi connectivity index (χ2n) is 6.29. The third-order valence-corrected chi connectivity index (χ3v) is 4.91. The Morgan fingerprint density at radius 2 is 2.18 bits per heavy atom. The maximum absolute atomic E-state index is 12.9. The van der Waals surface area contributed by atoms with E-state index in [0.29, 0.717) is 0 Å². The van der Waals surface area contributed by atoms with Gasteiger partial charge in [0.25, 0.3) is 0 Å². The van der Waals surface area contributed by atoms with Gasteiger partial charge in [-0.3, -0.25) is 14.3 Å². The number of hydrogen-bond donors (Lipinski definition) is 1. The number of aromatic nitrogens is 2. The minimum Gasteiger partial charge on any atom is -0.313 e. The third-order valence-electron chi connectivity index (χ3n) is 4.91. The van der Waals surface area contributed by atoms with Gasteiger partial charge >= 0.3 is 0 Å².